The second-order valence-corrected chi connectivity index (χ2v) is 7.64. The van der Waals surface area contributed by atoms with Crippen molar-refractivity contribution in [1.29, 1.82) is 0 Å². The zero-order chi connectivity index (χ0) is 13.4. The van der Waals surface area contributed by atoms with Gasteiger partial charge in [0.1, 0.15) is 0 Å². The molecule has 0 saturated heterocycles. The van der Waals surface area contributed by atoms with Crippen LogP contribution >= 0.6 is 0 Å². The van der Waals surface area contributed by atoms with Gasteiger partial charge in [-0.05, 0) is 50.9 Å². The Bertz CT molecular complexity index is 290. The van der Waals surface area contributed by atoms with Crippen LogP contribution in [0.25, 0.3) is 0 Å². The van der Waals surface area contributed by atoms with E-state index in [1.54, 1.807) is 0 Å². The molecule has 102 valence electrons. The highest BCUT2D eigenvalue weighted by Gasteiger charge is 1.99. The predicted molar refractivity (Wildman–Crippen MR) is 83.4 cm³/mol. The van der Waals surface area contributed by atoms with Gasteiger partial charge in [-0.3, -0.25) is 0 Å². The molecule has 0 atom stereocenters. The summed E-state index contributed by atoms with van der Waals surface area (Å²) in [5, 5.41) is 0. The van der Waals surface area contributed by atoms with Crippen LogP contribution in [0.3, 0.4) is 0 Å². The van der Waals surface area contributed by atoms with E-state index in [2.05, 4.69) is 52.0 Å². The molecule has 0 N–H and O–H groups in total. The number of rotatable bonds is 8. The number of benzene rings is 1. The van der Waals surface area contributed by atoms with Gasteiger partial charge in [0.05, 0.1) is 0 Å². The highest BCUT2D eigenvalue weighted by molar-refractivity contribution is 6.27. The second-order valence-electron chi connectivity index (χ2n) is 5.16. The summed E-state index contributed by atoms with van der Waals surface area (Å²) >= 11 is 0. The molecule has 18 heavy (non-hydrogen) atoms. The third-order valence-corrected chi connectivity index (χ3v) is 6.07. The van der Waals surface area contributed by atoms with E-state index in [0.717, 1.165) is 12.1 Å². The van der Waals surface area contributed by atoms with E-state index >= 15 is 0 Å². The molecule has 0 spiro atoms. The Morgan fingerprint density at radius 3 is 1.39 bits per heavy atom. The Hall–Kier alpha value is -0.426. The van der Waals surface area contributed by atoms with E-state index < -0.39 is 0 Å². The summed E-state index contributed by atoms with van der Waals surface area (Å²) in [5.74, 6) is 0. The Morgan fingerprint density at radius 2 is 1.11 bits per heavy atom. The van der Waals surface area contributed by atoms with Crippen LogP contribution in [0.15, 0.2) is 24.3 Å². The fourth-order valence-corrected chi connectivity index (χ4v) is 4.01. The van der Waals surface area contributed by atoms with E-state index in [1.807, 2.05) is 0 Å². The van der Waals surface area contributed by atoms with Gasteiger partial charge in [-0.15, -0.1) is 0 Å². The molecule has 1 rings (SSSR count). The number of hydrogen-bond acceptors (Lipinski definition) is 2. The second kappa shape index (κ2) is 8.64. The summed E-state index contributed by atoms with van der Waals surface area (Å²) in [7, 11) is -0.779. The largest absolute Gasteiger partial charge is 0.421 e. The lowest BCUT2D eigenvalue weighted by Gasteiger charge is -2.09. The zero-order valence-corrected chi connectivity index (χ0v) is 14.9. The van der Waals surface area contributed by atoms with Gasteiger partial charge in [0.15, 0.2) is 19.5 Å². The highest BCUT2D eigenvalue weighted by Crippen LogP contribution is 2.06. The summed E-state index contributed by atoms with van der Waals surface area (Å²) in [6.45, 7) is 8.43. The standard InChI is InChI=1S/C14H26O2Si2/c1-11(2)15-17-9-13-5-7-14(8-6-13)10-18-16-12(3)4/h5-8,11-12H,9-10,17-18H2,1-4H3. The molecule has 0 saturated carbocycles. The summed E-state index contributed by atoms with van der Waals surface area (Å²) in [5.41, 5.74) is 2.83. The molecule has 0 amide bonds. The van der Waals surface area contributed by atoms with Crippen LogP contribution in [-0.2, 0) is 20.9 Å². The first kappa shape index (κ1) is 15.6. The van der Waals surface area contributed by atoms with Gasteiger partial charge in [0.2, 0.25) is 0 Å². The third-order valence-electron chi connectivity index (χ3n) is 2.71. The third kappa shape index (κ3) is 7.11. The van der Waals surface area contributed by atoms with Crippen molar-refractivity contribution in [2.75, 3.05) is 0 Å². The fraction of sp³-hybridized carbons (Fsp3) is 0.571. The lowest BCUT2D eigenvalue weighted by Crippen LogP contribution is -2.10. The van der Waals surface area contributed by atoms with E-state index in [9.17, 15) is 0 Å². The molecule has 4 heteroatoms. The quantitative estimate of drug-likeness (QED) is 0.676. The molecule has 0 aliphatic carbocycles. The molecular weight excluding hydrogens is 256 g/mol. The van der Waals surface area contributed by atoms with E-state index in [4.69, 9.17) is 8.85 Å². The van der Waals surface area contributed by atoms with Crippen molar-refractivity contribution < 1.29 is 8.85 Å². The summed E-state index contributed by atoms with van der Waals surface area (Å²) in [6, 6.07) is 11.3. The fourth-order valence-electron chi connectivity index (χ4n) is 1.70. The highest BCUT2D eigenvalue weighted by atomic mass is 28.2. The van der Waals surface area contributed by atoms with Crippen molar-refractivity contribution in [1.82, 2.24) is 0 Å². The van der Waals surface area contributed by atoms with Gasteiger partial charge in [-0.2, -0.15) is 0 Å². The monoisotopic (exact) mass is 282 g/mol. The molecule has 0 aliphatic rings. The van der Waals surface area contributed by atoms with Crippen LogP contribution in [0.4, 0.5) is 0 Å². The Kier molecular flexibility index (Phi) is 7.50. The number of hydrogen-bond donors (Lipinski definition) is 0. The van der Waals surface area contributed by atoms with Gasteiger partial charge in [0.25, 0.3) is 0 Å². The summed E-state index contributed by atoms with van der Waals surface area (Å²) < 4.78 is 11.4. The molecule has 2 nitrogen and oxygen atoms in total. The summed E-state index contributed by atoms with van der Waals surface area (Å²) in [6.07, 6.45) is 0.769. The van der Waals surface area contributed by atoms with Crippen LogP contribution in [-0.4, -0.2) is 31.7 Å². The molecule has 0 aromatic heterocycles. The van der Waals surface area contributed by atoms with E-state index in [1.165, 1.54) is 11.1 Å². The molecule has 0 radical (unpaired) electrons. The molecule has 0 unspecified atom stereocenters. The predicted octanol–water partition coefficient (Wildman–Crippen LogP) is 1.70. The Morgan fingerprint density at radius 1 is 0.778 bits per heavy atom. The topological polar surface area (TPSA) is 18.5 Å². The molecule has 0 bridgehead atoms. The molecule has 0 fully saturated rings. The smallest absolute Gasteiger partial charge is 0.166 e. The molecule has 0 heterocycles. The van der Waals surface area contributed by atoms with Crippen molar-refractivity contribution in [3.63, 3.8) is 0 Å². The molecule has 0 aliphatic heterocycles. The van der Waals surface area contributed by atoms with Gasteiger partial charge in [-0.25, -0.2) is 0 Å². The average molecular weight is 283 g/mol. The maximum Gasteiger partial charge on any atom is 0.166 e. The van der Waals surface area contributed by atoms with Crippen LogP contribution in [0.5, 0.6) is 0 Å². The van der Waals surface area contributed by atoms with Crippen molar-refractivity contribution in [3.8, 4) is 0 Å². The lowest BCUT2D eigenvalue weighted by molar-refractivity contribution is 0.254. The molecular formula is C14H26O2Si2. The molecule has 1 aromatic rings. The van der Waals surface area contributed by atoms with Crippen LogP contribution < -0.4 is 0 Å². The first-order valence-electron chi connectivity index (χ1n) is 6.89. The first-order chi connectivity index (χ1) is 8.58. The van der Waals surface area contributed by atoms with Crippen molar-refractivity contribution in [2.24, 2.45) is 0 Å². The van der Waals surface area contributed by atoms with Crippen LogP contribution in [0, 0.1) is 0 Å². The SMILES string of the molecule is CC(C)O[SiH2]Cc1ccc(C[SiH2]OC(C)C)cc1. The lowest BCUT2D eigenvalue weighted by atomic mass is 10.2. The van der Waals surface area contributed by atoms with Crippen LogP contribution in [0.1, 0.15) is 38.8 Å². The minimum Gasteiger partial charge on any atom is -0.421 e. The zero-order valence-electron chi connectivity index (χ0n) is 12.1. The molecule has 1 aromatic carbocycles. The van der Waals surface area contributed by atoms with Gasteiger partial charge in [-0.1, -0.05) is 24.3 Å². The minimum absolute atomic E-state index is 0.384. The summed E-state index contributed by atoms with van der Waals surface area (Å²) in [4.78, 5) is 0. The maximum atomic E-state index is 5.69. The average Bonchev–Trinajstić information content (AvgIpc) is 2.30. The van der Waals surface area contributed by atoms with Crippen molar-refractivity contribution in [2.45, 2.75) is 52.0 Å². The van der Waals surface area contributed by atoms with Gasteiger partial charge in [0, 0.05) is 12.2 Å². The van der Waals surface area contributed by atoms with E-state index in [0.29, 0.717) is 12.2 Å². The van der Waals surface area contributed by atoms with Gasteiger partial charge >= 0.3 is 0 Å². The van der Waals surface area contributed by atoms with Crippen molar-refractivity contribution in [3.05, 3.63) is 35.4 Å². The Balaban J connectivity index is 2.28. The van der Waals surface area contributed by atoms with Crippen molar-refractivity contribution >= 4 is 19.5 Å². The normalized spacial score (nSPS) is 12.8. The first-order valence-corrected chi connectivity index (χ1v) is 10.0. The van der Waals surface area contributed by atoms with Crippen LogP contribution in [0.2, 0.25) is 0 Å². The van der Waals surface area contributed by atoms with E-state index in [-0.39, 0.29) is 19.5 Å². The maximum absolute atomic E-state index is 5.69. The minimum atomic E-state index is -0.389. The Labute approximate surface area is 116 Å². The van der Waals surface area contributed by atoms with Gasteiger partial charge < -0.3 is 8.85 Å².